The quantitative estimate of drug-likeness (QED) is 0.360. The van der Waals surface area contributed by atoms with E-state index in [1.807, 2.05) is 0 Å². The van der Waals surface area contributed by atoms with E-state index in [0.717, 1.165) is 19.3 Å². The van der Waals surface area contributed by atoms with Crippen LogP contribution in [0.25, 0.3) is 0 Å². The van der Waals surface area contributed by atoms with E-state index >= 15 is 0 Å². The van der Waals surface area contributed by atoms with Crippen molar-refractivity contribution in [1.82, 2.24) is 0 Å². The van der Waals surface area contributed by atoms with Gasteiger partial charge in [0.15, 0.2) is 0 Å². The van der Waals surface area contributed by atoms with E-state index in [0.29, 0.717) is 0 Å². The number of unbranched alkanes of at least 4 members (excludes halogenated alkanes) is 5. The van der Waals surface area contributed by atoms with Gasteiger partial charge in [-0.1, -0.05) is 39.0 Å². The first-order valence-electron chi connectivity index (χ1n) is 6.90. The predicted octanol–water partition coefficient (Wildman–Crippen LogP) is 1.99. The Morgan fingerprint density at radius 3 is 2.25 bits per heavy atom. The highest BCUT2D eigenvalue weighted by Crippen LogP contribution is 2.05. The van der Waals surface area contributed by atoms with Gasteiger partial charge in [-0.3, -0.25) is 0 Å². The maximum absolute atomic E-state index is 11.0. The third-order valence-electron chi connectivity index (χ3n) is 2.49. The van der Waals surface area contributed by atoms with Gasteiger partial charge in [-0.15, -0.1) is 0 Å². The second-order valence-electron chi connectivity index (χ2n) is 4.37. The van der Waals surface area contributed by atoms with Gasteiger partial charge in [-0.2, -0.15) is 0 Å². The van der Waals surface area contributed by atoms with Crippen molar-refractivity contribution in [1.29, 1.82) is 0 Å². The van der Waals surface area contributed by atoms with Gasteiger partial charge < -0.3 is 24.4 Å². The molecule has 0 saturated heterocycles. The largest absolute Gasteiger partial charge is 0.518 e. The van der Waals surface area contributed by atoms with Crippen LogP contribution in [0, 0.1) is 0 Å². The minimum atomic E-state index is -1.26. The van der Waals surface area contributed by atoms with E-state index in [-0.39, 0.29) is 6.61 Å². The van der Waals surface area contributed by atoms with Crippen LogP contribution < -0.4 is 0 Å². The summed E-state index contributed by atoms with van der Waals surface area (Å²) in [4.78, 5) is 22.0. The van der Waals surface area contributed by atoms with Crippen LogP contribution in [-0.2, 0) is 14.2 Å². The fraction of sp³-hybridized carbons (Fsp3) is 0.846. The molecular formula is C13H24O7. The van der Waals surface area contributed by atoms with E-state index in [4.69, 9.17) is 10.2 Å². The second kappa shape index (κ2) is 12.7. The van der Waals surface area contributed by atoms with Crippen molar-refractivity contribution in [3.63, 3.8) is 0 Å². The number of carbonyl (C=O) groups is 2. The van der Waals surface area contributed by atoms with Crippen LogP contribution in [0.4, 0.5) is 9.59 Å². The first kappa shape index (κ1) is 18.7. The number of aliphatic hydroxyl groups excluding tert-OH is 2. The van der Waals surface area contributed by atoms with Crippen molar-refractivity contribution >= 4 is 12.3 Å². The van der Waals surface area contributed by atoms with Gasteiger partial charge in [0.2, 0.25) is 0 Å². The number of ether oxygens (including phenoxy) is 3. The van der Waals surface area contributed by atoms with E-state index < -0.39 is 31.6 Å². The topological polar surface area (TPSA) is 102 Å². The Morgan fingerprint density at radius 1 is 1.00 bits per heavy atom. The zero-order valence-corrected chi connectivity index (χ0v) is 11.9. The Bertz CT molecular complexity index is 267. The van der Waals surface area contributed by atoms with Crippen molar-refractivity contribution in [3.8, 4) is 0 Å². The molecule has 0 aromatic heterocycles. The van der Waals surface area contributed by atoms with Gasteiger partial charge in [0.25, 0.3) is 0 Å². The van der Waals surface area contributed by atoms with Crippen LogP contribution >= 0.6 is 0 Å². The van der Waals surface area contributed by atoms with Crippen molar-refractivity contribution < 1.29 is 34.0 Å². The van der Waals surface area contributed by atoms with Gasteiger partial charge in [0, 0.05) is 0 Å². The molecule has 0 fully saturated rings. The highest BCUT2D eigenvalue weighted by atomic mass is 16.8. The molecule has 0 bridgehead atoms. The first-order chi connectivity index (χ1) is 9.60. The molecule has 7 heteroatoms. The number of hydrogen-bond donors (Lipinski definition) is 2. The van der Waals surface area contributed by atoms with Gasteiger partial charge in [-0.05, 0) is 6.42 Å². The standard InChI is InChI=1S/C13H24O7/c1-2-3-4-5-6-7-8-18-12(16)20-13(17)19-10-11(15)9-14/h11,14-15H,2-10H2,1H3. The molecule has 0 heterocycles. The lowest BCUT2D eigenvalue weighted by Gasteiger charge is -2.08. The van der Waals surface area contributed by atoms with Crippen molar-refractivity contribution in [3.05, 3.63) is 0 Å². The van der Waals surface area contributed by atoms with Gasteiger partial charge in [0.1, 0.15) is 12.7 Å². The Hall–Kier alpha value is -1.34. The number of aliphatic hydroxyl groups is 2. The van der Waals surface area contributed by atoms with Crippen LogP contribution in [0.2, 0.25) is 0 Å². The minimum Gasteiger partial charge on any atom is -0.434 e. The fourth-order valence-corrected chi connectivity index (χ4v) is 1.38. The molecule has 0 aliphatic heterocycles. The third-order valence-corrected chi connectivity index (χ3v) is 2.49. The molecule has 1 atom stereocenters. The van der Waals surface area contributed by atoms with Gasteiger partial charge in [-0.25, -0.2) is 9.59 Å². The van der Waals surface area contributed by atoms with Crippen LogP contribution in [-0.4, -0.2) is 48.4 Å². The number of rotatable bonds is 10. The summed E-state index contributed by atoms with van der Waals surface area (Å²) in [5.41, 5.74) is 0. The van der Waals surface area contributed by atoms with Crippen LogP contribution in [0.1, 0.15) is 45.4 Å². The molecule has 7 nitrogen and oxygen atoms in total. The molecule has 0 rings (SSSR count). The molecule has 0 spiro atoms. The van der Waals surface area contributed by atoms with Gasteiger partial charge >= 0.3 is 12.3 Å². The Balaban J connectivity index is 3.46. The highest BCUT2D eigenvalue weighted by molar-refractivity contribution is 5.76. The third kappa shape index (κ3) is 11.7. The lowest BCUT2D eigenvalue weighted by molar-refractivity contribution is -0.000929. The number of carbonyl (C=O) groups excluding carboxylic acids is 2. The maximum Gasteiger partial charge on any atom is 0.518 e. The average Bonchev–Trinajstić information content (AvgIpc) is 2.43. The van der Waals surface area contributed by atoms with Gasteiger partial charge in [0.05, 0.1) is 13.2 Å². The first-order valence-corrected chi connectivity index (χ1v) is 6.90. The Kier molecular flexibility index (Phi) is 11.8. The SMILES string of the molecule is CCCCCCCCOC(=O)OC(=O)OCC(O)CO. The zero-order chi connectivity index (χ0) is 15.2. The molecule has 0 aromatic carbocycles. The summed E-state index contributed by atoms with van der Waals surface area (Å²) in [6, 6.07) is 0. The fourth-order valence-electron chi connectivity index (χ4n) is 1.38. The smallest absolute Gasteiger partial charge is 0.434 e. The molecule has 0 amide bonds. The van der Waals surface area contributed by atoms with Crippen molar-refractivity contribution in [2.45, 2.75) is 51.6 Å². The molecule has 118 valence electrons. The van der Waals surface area contributed by atoms with Crippen molar-refractivity contribution in [2.75, 3.05) is 19.8 Å². The van der Waals surface area contributed by atoms with Crippen LogP contribution in [0.3, 0.4) is 0 Å². The lowest BCUT2D eigenvalue weighted by atomic mass is 10.1. The zero-order valence-electron chi connectivity index (χ0n) is 11.9. The van der Waals surface area contributed by atoms with E-state index in [1.165, 1.54) is 19.3 Å². The molecule has 0 aromatic rings. The van der Waals surface area contributed by atoms with E-state index in [9.17, 15) is 9.59 Å². The minimum absolute atomic E-state index is 0.192. The Labute approximate surface area is 118 Å². The predicted molar refractivity (Wildman–Crippen MR) is 70.2 cm³/mol. The summed E-state index contributed by atoms with van der Waals surface area (Å²) < 4.78 is 13.2. The molecule has 2 N–H and O–H groups in total. The molecular weight excluding hydrogens is 268 g/mol. The van der Waals surface area contributed by atoms with E-state index in [2.05, 4.69) is 21.1 Å². The molecule has 1 unspecified atom stereocenters. The summed E-state index contributed by atoms with van der Waals surface area (Å²) in [7, 11) is 0. The van der Waals surface area contributed by atoms with Crippen molar-refractivity contribution in [2.24, 2.45) is 0 Å². The molecule has 20 heavy (non-hydrogen) atoms. The second-order valence-corrected chi connectivity index (χ2v) is 4.37. The normalized spacial score (nSPS) is 11.8. The molecule has 0 saturated carbocycles. The molecule has 0 aliphatic carbocycles. The summed E-state index contributed by atoms with van der Waals surface area (Å²) in [5.74, 6) is 0. The van der Waals surface area contributed by atoms with E-state index in [1.54, 1.807) is 0 Å². The number of hydrogen-bond acceptors (Lipinski definition) is 7. The monoisotopic (exact) mass is 292 g/mol. The lowest BCUT2D eigenvalue weighted by Crippen LogP contribution is -2.24. The summed E-state index contributed by atoms with van der Waals surface area (Å²) >= 11 is 0. The highest BCUT2D eigenvalue weighted by Gasteiger charge is 2.14. The average molecular weight is 292 g/mol. The summed E-state index contributed by atoms with van der Waals surface area (Å²) in [6.07, 6.45) is 2.74. The molecule has 0 aliphatic rings. The summed E-state index contributed by atoms with van der Waals surface area (Å²) in [5, 5.41) is 17.4. The summed E-state index contributed by atoms with van der Waals surface area (Å²) in [6.45, 7) is 1.34. The molecule has 0 radical (unpaired) electrons. The van der Waals surface area contributed by atoms with Crippen LogP contribution in [0.5, 0.6) is 0 Å². The maximum atomic E-state index is 11.0. The Morgan fingerprint density at radius 2 is 1.60 bits per heavy atom. The van der Waals surface area contributed by atoms with Crippen LogP contribution in [0.15, 0.2) is 0 Å².